The molecule has 0 saturated carbocycles. The van der Waals surface area contributed by atoms with E-state index in [9.17, 15) is 14.4 Å². The summed E-state index contributed by atoms with van der Waals surface area (Å²) in [5, 5.41) is 0. The van der Waals surface area contributed by atoms with Crippen LogP contribution in [0.4, 0.5) is 0 Å². The molecule has 0 N–H and O–H groups in total. The van der Waals surface area contributed by atoms with E-state index in [0.717, 1.165) is 12.8 Å². The third-order valence-electron chi connectivity index (χ3n) is 1.37. The zero-order valence-electron chi connectivity index (χ0n) is 8.96. The van der Waals surface area contributed by atoms with Gasteiger partial charge >= 0.3 is 35.5 Å². The van der Waals surface area contributed by atoms with Crippen LogP contribution in [0.3, 0.4) is 0 Å². The Bertz CT molecular complexity index is 213. The van der Waals surface area contributed by atoms with E-state index < -0.39 is 11.8 Å². The molecule has 0 bridgehead atoms. The Labute approximate surface area is 106 Å². The van der Waals surface area contributed by atoms with Gasteiger partial charge in [-0.05, 0) is 13.3 Å². The molecule has 0 rings (SSSR count). The van der Waals surface area contributed by atoms with Gasteiger partial charge in [-0.1, -0.05) is 13.3 Å². The van der Waals surface area contributed by atoms with E-state index in [1.54, 1.807) is 0 Å². The number of hydrogen-bond donors (Lipinski definition) is 0. The summed E-state index contributed by atoms with van der Waals surface area (Å²) in [5.41, 5.74) is 0. The van der Waals surface area contributed by atoms with Crippen LogP contribution in [-0.2, 0) is 19.1 Å². The predicted octanol–water partition coefficient (Wildman–Crippen LogP) is -2.12. The van der Waals surface area contributed by atoms with E-state index in [-0.39, 0.29) is 48.4 Å². The number of carbonyl (C=O) groups excluding carboxylic acids is 3. The molecular weight excluding hydrogens is 195 g/mol. The van der Waals surface area contributed by atoms with Crippen LogP contribution >= 0.6 is 0 Å². The smallest absolute Gasteiger partial charge is 0.460 e. The molecule has 0 aromatic heterocycles. The van der Waals surface area contributed by atoms with Crippen molar-refractivity contribution in [3.05, 3.63) is 0 Å². The molecule has 0 radical (unpaired) electrons. The van der Waals surface area contributed by atoms with Gasteiger partial charge in [-0.15, -0.1) is 0 Å². The molecule has 0 aliphatic heterocycles. The van der Waals surface area contributed by atoms with Gasteiger partial charge in [-0.25, -0.2) is 4.79 Å². The van der Waals surface area contributed by atoms with E-state index in [1.165, 1.54) is 6.92 Å². The Hall–Kier alpha value is -0.190. The van der Waals surface area contributed by atoms with Crippen molar-refractivity contribution in [2.75, 3.05) is 6.61 Å². The van der Waals surface area contributed by atoms with Gasteiger partial charge in [0.2, 0.25) is 5.78 Å². The van der Waals surface area contributed by atoms with Crippen molar-refractivity contribution in [2.45, 2.75) is 33.1 Å². The number of Topliss-reactive ketones (excluding diaryl/α,β-unsaturated/α-hetero) is 2. The third-order valence-corrected chi connectivity index (χ3v) is 1.37. The molecule has 14 heavy (non-hydrogen) atoms. The van der Waals surface area contributed by atoms with Gasteiger partial charge in [0.05, 0.1) is 13.0 Å². The summed E-state index contributed by atoms with van der Waals surface area (Å²) in [6, 6.07) is 0. The fourth-order valence-electron chi connectivity index (χ4n) is 0.688. The first kappa shape index (κ1) is 16.2. The van der Waals surface area contributed by atoms with Gasteiger partial charge in [0.15, 0.2) is 0 Å². The van der Waals surface area contributed by atoms with Crippen molar-refractivity contribution in [3.63, 3.8) is 0 Å². The third kappa shape index (κ3) is 8.41. The molecule has 5 heteroatoms. The van der Waals surface area contributed by atoms with Gasteiger partial charge in [0.25, 0.3) is 0 Å². The van der Waals surface area contributed by atoms with Crippen molar-refractivity contribution in [3.8, 4) is 0 Å². The molecule has 0 spiro atoms. The Morgan fingerprint density at radius 1 is 1.21 bits per heavy atom. The zero-order chi connectivity index (χ0) is 10.3. The second kappa shape index (κ2) is 9.37. The molecule has 4 nitrogen and oxygen atoms in total. The van der Waals surface area contributed by atoms with Crippen LogP contribution < -0.4 is 29.6 Å². The van der Waals surface area contributed by atoms with Crippen LogP contribution in [0.1, 0.15) is 33.1 Å². The number of unbranched alkanes of at least 4 members (excludes halogenated alkanes) is 1. The molecule has 0 unspecified atom stereocenters. The normalized spacial score (nSPS) is 8.71. The van der Waals surface area contributed by atoms with Crippen LogP contribution in [0.25, 0.3) is 0 Å². The minimum Gasteiger partial charge on any atom is -0.460 e. The minimum atomic E-state index is -0.899. The molecule has 0 heterocycles. The molecule has 0 amide bonds. The van der Waals surface area contributed by atoms with Crippen LogP contribution in [0.2, 0.25) is 0 Å². The Balaban J connectivity index is 0. The zero-order valence-corrected chi connectivity index (χ0v) is 11.0. The van der Waals surface area contributed by atoms with E-state index >= 15 is 0 Å². The van der Waals surface area contributed by atoms with Crippen LogP contribution in [0, 0.1) is 0 Å². The number of ether oxygens (including phenoxy) is 1. The van der Waals surface area contributed by atoms with Crippen LogP contribution in [-0.4, -0.2) is 24.1 Å². The van der Waals surface area contributed by atoms with Crippen molar-refractivity contribution in [1.29, 1.82) is 0 Å². The van der Waals surface area contributed by atoms with Crippen molar-refractivity contribution < 1.29 is 48.7 Å². The maximum absolute atomic E-state index is 10.9. The second-order valence-corrected chi connectivity index (χ2v) is 2.79. The summed E-state index contributed by atoms with van der Waals surface area (Å²) in [4.78, 5) is 32.1. The first-order chi connectivity index (χ1) is 6.07. The number of ketones is 2. The maximum Gasteiger partial charge on any atom is 1.00 e. The average molecular weight is 209 g/mol. The number of hydrogen-bond acceptors (Lipinski definition) is 4. The van der Waals surface area contributed by atoms with Gasteiger partial charge in [0, 0.05) is 0 Å². The standard InChI is InChI=1S/C9H14O4.Na/c1-3-4-5-13-9(12)8(11)6-7(2)10;/h3-6H2,1-2H3;/q;+1. The minimum absolute atomic E-state index is 0. The number of rotatable bonds is 6. The van der Waals surface area contributed by atoms with Crippen molar-refractivity contribution in [1.82, 2.24) is 0 Å². The molecule has 74 valence electrons. The van der Waals surface area contributed by atoms with E-state index in [0.29, 0.717) is 0 Å². The largest absolute Gasteiger partial charge is 1.00 e. The van der Waals surface area contributed by atoms with Crippen molar-refractivity contribution in [2.24, 2.45) is 0 Å². The molecule has 0 aliphatic rings. The molecule has 0 aromatic rings. The first-order valence-corrected chi connectivity index (χ1v) is 4.27. The Morgan fingerprint density at radius 3 is 2.21 bits per heavy atom. The quantitative estimate of drug-likeness (QED) is 0.165. The topological polar surface area (TPSA) is 60.4 Å². The summed E-state index contributed by atoms with van der Waals surface area (Å²) in [7, 11) is 0. The van der Waals surface area contributed by atoms with E-state index in [4.69, 9.17) is 0 Å². The maximum atomic E-state index is 10.9. The average Bonchev–Trinajstić information content (AvgIpc) is 2.03. The SMILES string of the molecule is CCCCOC(=O)C(=O)CC(C)=O.[Na+]. The second-order valence-electron chi connectivity index (χ2n) is 2.79. The van der Waals surface area contributed by atoms with Crippen molar-refractivity contribution >= 4 is 17.5 Å². The summed E-state index contributed by atoms with van der Waals surface area (Å²) < 4.78 is 4.60. The molecular formula is C9H14NaO4+. The van der Waals surface area contributed by atoms with E-state index in [2.05, 4.69) is 4.74 Å². The molecule has 0 fully saturated rings. The summed E-state index contributed by atoms with van der Waals surface area (Å²) >= 11 is 0. The number of carbonyl (C=O) groups is 3. The Morgan fingerprint density at radius 2 is 1.79 bits per heavy atom. The molecule has 0 saturated heterocycles. The Kier molecular flexibility index (Phi) is 10.9. The number of esters is 1. The summed E-state index contributed by atoms with van der Waals surface area (Å²) in [6.07, 6.45) is 1.28. The van der Waals surface area contributed by atoms with Crippen LogP contribution in [0.5, 0.6) is 0 Å². The fourth-order valence-corrected chi connectivity index (χ4v) is 0.688. The molecule has 0 aromatic carbocycles. The molecule has 0 aliphatic carbocycles. The monoisotopic (exact) mass is 209 g/mol. The van der Waals surface area contributed by atoms with Gasteiger partial charge < -0.3 is 4.74 Å². The summed E-state index contributed by atoms with van der Waals surface area (Å²) in [5.74, 6) is -1.98. The predicted molar refractivity (Wildman–Crippen MR) is 46.2 cm³/mol. The van der Waals surface area contributed by atoms with Crippen LogP contribution in [0.15, 0.2) is 0 Å². The van der Waals surface area contributed by atoms with E-state index in [1.807, 2.05) is 6.92 Å². The van der Waals surface area contributed by atoms with Gasteiger partial charge in [-0.2, -0.15) is 0 Å². The first-order valence-electron chi connectivity index (χ1n) is 4.27. The fraction of sp³-hybridized carbons (Fsp3) is 0.667. The van der Waals surface area contributed by atoms with Gasteiger partial charge in [-0.3, -0.25) is 9.59 Å². The van der Waals surface area contributed by atoms with Gasteiger partial charge in [0.1, 0.15) is 5.78 Å². The molecule has 0 atom stereocenters. The summed E-state index contributed by atoms with van der Waals surface area (Å²) in [6.45, 7) is 3.46.